The van der Waals surface area contributed by atoms with Crippen molar-refractivity contribution in [3.8, 4) is 17.2 Å². The summed E-state index contributed by atoms with van der Waals surface area (Å²) in [5, 5.41) is 12.3. The van der Waals surface area contributed by atoms with E-state index in [4.69, 9.17) is 9.47 Å². The van der Waals surface area contributed by atoms with Crippen LogP contribution in [0.3, 0.4) is 0 Å². The Hall–Kier alpha value is -2.68. The number of aromatic hydroxyl groups is 1. The Morgan fingerprint density at radius 1 is 0.773 bits per heavy atom. The Balaban J connectivity index is 1.96. The minimum atomic E-state index is 0.313. The largest absolute Gasteiger partial charge is 0.508 e. The topological polar surface area (TPSA) is 38.7 Å². The summed E-state index contributed by atoms with van der Waals surface area (Å²) in [5.74, 6) is 1.96. The molecule has 3 rings (SSSR count). The van der Waals surface area contributed by atoms with Gasteiger partial charge in [-0.05, 0) is 58.3 Å². The second kappa shape index (κ2) is 5.98. The molecule has 0 saturated heterocycles. The molecule has 0 radical (unpaired) electrons. The highest BCUT2D eigenvalue weighted by Crippen LogP contribution is 2.29. The molecule has 3 aromatic rings. The molecule has 0 aliphatic rings. The molecule has 3 nitrogen and oxygen atoms in total. The zero-order chi connectivity index (χ0) is 15.5. The lowest BCUT2D eigenvalue weighted by atomic mass is 10.00. The SMILES string of the molecule is COc1ccc(Cc2cc3cc(OC)ccc3cc2O)cc1. The lowest BCUT2D eigenvalue weighted by molar-refractivity contribution is 0.414. The van der Waals surface area contributed by atoms with Crippen molar-refractivity contribution in [2.24, 2.45) is 0 Å². The molecular weight excluding hydrogens is 276 g/mol. The first kappa shape index (κ1) is 14.3. The Kier molecular flexibility index (Phi) is 3.88. The first-order chi connectivity index (χ1) is 10.7. The molecule has 112 valence electrons. The van der Waals surface area contributed by atoms with Crippen molar-refractivity contribution in [2.75, 3.05) is 14.2 Å². The van der Waals surface area contributed by atoms with Crippen molar-refractivity contribution in [3.63, 3.8) is 0 Å². The van der Waals surface area contributed by atoms with Gasteiger partial charge in [-0.15, -0.1) is 0 Å². The Bertz CT molecular complexity index is 792. The molecule has 0 aromatic heterocycles. The molecule has 0 aliphatic heterocycles. The molecule has 0 heterocycles. The number of phenolic OH excluding ortho intramolecular Hbond substituents is 1. The predicted molar refractivity (Wildman–Crippen MR) is 88.0 cm³/mol. The molecule has 0 unspecified atom stereocenters. The second-order valence-electron chi connectivity index (χ2n) is 5.22. The van der Waals surface area contributed by atoms with Crippen molar-refractivity contribution in [1.82, 2.24) is 0 Å². The fourth-order valence-electron chi connectivity index (χ4n) is 2.54. The normalized spacial score (nSPS) is 10.6. The smallest absolute Gasteiger partial charge is 0.119 e. The highest BCUT2D eigenvalue weighted by Gasteiger charge is 2.06. The van der Waals surface area contributed by atoms with E-state index in [-0.39, 0.29) is 0 Å². The molecule has 3 heteroatoms. The van der Waals surface area contributed by atoms with Crippen molar-refractivity contribution in [3.05, 3.63) is 65.7 Å². The lowest BCUT2D eigenvalue weighted by Gasteiger charge is -2.09. The van der Waals surface area contributed by atoms with E-state index in [0.717, 1.165) is 33.4 Å². The van der Waals surface area contributed by atoms with Gasteiger partial charge in [0.15, 0.2) is 0 Å². The van der Waals surface area contributed by atoms with Crippen LogP contribution in [0.2, 0.25) is 0 Å². The number of fused-ring (bicyclic) bond motifs is 1. The molecular formula is C19H18O3. The number of hydrogen-bond donors (Lipinski definition) is 1. The van der Waals surface area contributed by atoms with Crippen molar-refractivity contribution in [2.45, 2.75) is 6.42 Å². The quantitative estimate of drug-likeness (QED) is 0.785. The molecule has 0 amide bonds. The minimum absolute atomic E-state index is 0.313. The summed E-state index contributed by atoms with van der Waals surface area (Å²) in [6.07, 6.45) is 0.670. The van der Waals surface area contributed by atoms with Gasteiger partial charge in [0.05, 0.1) is 14.2 Å². The van der Waals surface area contributed by atoms with E-state index in [1.54, 1.807) is 20.3 Å². The third-order valence-electron chi connectivity index (χ3n) is 3.80. The summed E-state index contributed by atoms with van der Waals surface area (Å²) in [6.45, 7) is 0. The van der Waals surface area contributed by atoms with Crippen LogP contribution in [0.15, 0.2) is 54.6 Å². The van der Waals surface area contributed by atoms with Crippen LogP contribution >= 0.6 is 0 Å². The van der Waals surface area contributed by atoms with Crippen LogP contribution in [-0.4, -0.2) is 19.3 Å². The number of benzene rings is 3. The van der Waals surface area contributed by atoms with E-state index < -0.39 is 0 Å². The first-order valence-electron chi connectivity index (χ1n) is 7.12. The molecule has 0 spiro atoms. The van der Waals surface area contributed by atoms with Gasteiger partial charge in [0.2, 0.25) is 0 Å². The van der Waals surface area contributed by atoms with E-state index >= 15 is 0 Å². The van der Waals surface area contributed by atoms with Gasteiger partial charge in [-0.1, -0.05) is 18.2 Å². The summed E-state index contributed by atoms with van der Waals surface area (Å²) in [4.78, 5) is 0. The van der Waals surface area contributed by atoms with Crippen LogP contribution in [0.5, 0.6) is 17.2 Å². The van der Waals surface area contributed by atoms with Gasteiger partial charge < -0.3 is 14.6 Å². The summed E-state index contributed by atoms with van der Waals surface area (Å²) in [5.41, 5.74) is 2.02. The Morgan fingerprint density at radius 2 is 1.45 bits per heavy atom. The third-order valence-corrected chi connectivity index (χ3v) is 3.80. The van der Waals surface area contributed by atoms with E-state index in [1.807, 2.05) is 48.5 Å². The summed E-state index contributed by atoms with van der Waals surface area (Å²) < 4.78 is 10.4. The molecule has 0 aliphatic carbocycles. The fraction of sp³-hybridized carbons (Fsp3) is 0.158. The molecule has 1 N–H and O–H groups in total. The highest BCUT2D eigenvalue weighted by molar-refractivity contribution is 5.86. The molecule has 0 atom stereocenters. The molecule has 0 bridgehead atoms. The molecule has 22 heavy (non-hydrogen) atoms. The van der Waals surface area contributed by atoms with Crippen molar-refractivity contribution in [1.29, 1.82) is 0 Å². The minimum Gasteiger partial charge on any atom is -0.508 e. The summed E-state index contributed by atoms with van der Waals surface area (Å²) in [6, 6.07) is 17.5. The van der Waals surface area contributed by atoms with Gasteiger partial charge in [-0.3, -0.25) is 0 Å². The number of ether oxygens (including phenoxy) is 2. The number of methoxy groups -OCH3 is 2. The first-order valence-corrected chi connectivity index (χ1v) is 7.12. The van der Waals surface area contributed by atoms with Crippen LogP contribution < -0.4 is 9.47 Å². The van der Waals surface area contributed by atoms with E-state index in [1.165, 1.54) is 0 Å². The predicted octanol–water partition coefficient (Wildman–Crippen LogP) is 4.15. The zero-order valence-electron chi connectivity index (χ0n) is 12.7. The van der Waals surface area contributed by atoms with Crippen LogP contribution in [-0.2, 0) is 6.42 Å². The van der Waals surface area contributed by atoms with E-state index in [9.17, 15) is 5.11 Å². The zero-order valence-corrected chi connectivity index (χ0v) is 12.7. The van der Waals surface area contributed by atoms with Crippen molar-refractivity contribution >= 4 is 10.8 Å². The lowest BCUT2D eigenvalue weighted by Crippen LogP contribution is -1.91. The van der Waals surface area contributed by atoms with Gasteiger partial charge >= 0.3 is 0 Å². The van der Waals surface area contributed by atoms with Crippen molar-refractivity contribution < 1.29 is 14.6 Å². The Morgan fingerprint density at radius 3 is 2.14 bits per heavy atom. The monoisotopic (exact) mass is 294 g/mol. The van der Waals surface area contributed by atoms with Crippen LogP contribution in [0, 0.1) is 0 Å². The summed E-state index contributed by atoms with van der Waals surface area (Å²) >= 11 is 0. The maximum absolute atomic E-state index is 10.2. The Labute approximate surface area is 129 Å². The maximum atomic E-state index is 10.2. The number of rotatable bonds is 4. The second-order valence-corrected chi connectivity index (χ2v) is 5.22. The maximum Gasteiger partial charge on any atom is 0.119 e. The van der Waals surface area contributed by atoms with Crippen LogP contribution in [0.4, 0.5) is 0 Å². The molecule has 0 fully saturated rings. The number of hydrogen-bond acceptors (Lipinski definition) is 3. The van der Waals surface area contributed by atoms with Gasteiger partial charge in [0.25, 0.3) is 0 Å². The van der Waals surface area contributed by atoms with Gasteiger partial charge in [-0.2, -0.15) is 0 Å². The standard InChI is InChI=1S/C19H18O3/c1-21-17-6-3-13(4-7-17)9-16-10-15-11-18(22-2)8-5-14(15)12-19(16)20/h3-8,10-12,20H,9H2,1-2H3. The average Bonchev–Trinajstić information content (AvgIpc) is 2.56. The summed E-state index contributed by atoms with van der Waals surface area (Å²) in [7, 11) is 3.30. The fourth-order valence-corrected chi connectivity index (χ4v) is 2.54. The molecule has 0 saturated carbocycles. The number of phenols is 1. The van der Waals surface area contributed by atoms with E-state index in [0.29, 0.717) is 12.2 Å². The van der Waals surface area contributed by atoms with Gasteiger partial charge in [0, 0.05) is 6.42 Å². The average molecular weight is 294 g/mol. The van der Waals surface area contributed by atoms with Gasteiger partial charge in [0.1, 0.15) is 17.2 Å². The van der Waals surface area contributed by atoms with Crippen LogP contribution in [0.1, 0.15) is 11.1 Å². The van der Waals surface area contributed by atoms with E-state index in [2.05, 4.69) is 0 Å². The molecule has 3 aromatic carbocycles. The van der Waals surface area contributed by atoms with Gasteiger partial charge in [-0.25, -0.2) is 0 Å². The third kappa shape index (κ3) is 2.84. The van der Waals surface area contributed by atoms with Crippen LogP contribution in [0.25, 0.3) is 10.8 Å². The highest BCUT2D eigenvalue weighted by atomic mass is 16.5.